The Labute approximate surface area is 116 Å². The van der Waals surface area contributed by atoms with E-state index in [-0.39, 0.29) is 11.8 Å². The molecule has 3 nitrogen and oxygen atoms in total. The third-order valence-corrected chi connectivity index (χ3v) is 5.87. The molecule has 1 fully saturated rings. The molecule has 1 aromatic rings. The van der Waals surface area contributed by atoms with Gasteiger partial charge in [0.15, 0.2) is 0 Å². The van der Waals surface area contributed by atoms with Gasteiger partial charge in [-0.3, -0.25) is 0 Å². The van der Waals surface area contributed by atoms with E-state index in [1.807, 2.05) is 31.2 Å². The summed E-state index contributed by atoms with van der Waals surface area (Å²) in [6.07, 6.45) is 5.54. The van der Waals surface area contributed by atoms with Crippen LogP contribution in [0.4, 0.5) is 0 Å². The van der Waals surface area contributed by atoms with Gasteiger partial charge in [0.1, 0.15) is 0 Å². The Morgan fingerprint density at radius 1 is 1.11 bits per heavy atom. The van der Waals surface area contributed by atoms with Gasteiger partial charge in [-0.25, -0.2) is 12.7 Å². The van der Waals surface area contributed by atoms with Crippen LogP contribution < -0.4 is 0 Å². The first-order chi connectivity index (χ1) is 8.99. The lowest BCUT2D eigenvalue weighted by atomic mass is 9.96. The maximum absolute atomic E-state index is 12.4. The van der Waals surface area contributed by atoms with Gasteiger partial charge in [-0.2, -0.15) is 0 Å². The van der Waals surface area contributed by atoms with Crippen molar-refractivity contribution in [3.05, 3.63) is 35.4 Å². The monoisotopic (exact) mass is 281 g/mol. The maximum Gasteiger partial charge on any atom is 0.218 e. The molecule has 0 radical (unpaired) electrons. The number of nitrogens with zero attached hydrogens (tertiary/aromatic N) is 1. The number of rotatable bonds is 4. The van der Waals surface area contributed by atoms with Crippen LogP contribution in [0.25, 0.3) is 0 Å². The van der Waals surface area contributed by atoms with Crippen molar-refractivity contribution in [2.24, 2.45) is 0 Å². The van der Waals surface area contributed by atoms with E-state index in [0.717, 1.165) is 36.8 Å². The molecule has 0 atom stereocenters. The minimum Gasteiger partial charge on any atom is -0.212 e. The van der Waals surface area contributed by atoms with Gasteiger partial charge in [0, 0.05) is 13.1 Å². The predicted molar refractivity (Wildman–Crippen MR) is 78.4 cm³/mol. The van der Waals surface area contributed by atoms with Crippen LogP contribution in [0.15, 0.2) is 24.3 Å². The summed E-state index contributed by atoms with van der Waals surface area (Å²) in [7, 11) is -1.46. The molecule has 0 heterocycles. The number of aryl methyl sites for hydroxylation is 1. The van der Waals surface area contributed by atoms with E-state index < -0.39 is 10.0 Å². The molecule has 0 saturated heterocycles. The van der Waals surface area contributed by atoms with Crippen molar-refractivity contribution >= 4 is 10.0 Å². The third kappa shape index (κ3) is 3.80. The van der Waals surface area contributed by atoms with Gasteiger partial charge in [0.25, 0.3) is 0 Å². The highest BCUT2D eigenvalue weighted by atomic mass is 32.2. The summed E-state index contributed by atoms with van der Waals surface area (Å²) >= 11 is 0. The number of hydrogen-bond acceptors (Lipinski definition) is 2. The fourth-order valence-electron chi connectivity index (χ4n) is 2.67. The molecule has 1 aromatic carbocycles. The number of hydrogen-bond donors (Lipinski definition) is 0. The smallest absolute Gasteiger partial charge is 0.212 e. The van der Waals surface area contributed by atoms with E-state index in [0.29, 0.717) is 0 Å². The van der Waals surface area contributed by atoms with Crippen LogP contribution in [0.1, 0.15) is 43.2 Å². The zero-order valence-corrected chi connectivity index (χ0v) is 12.6. The predicted octanol–water partition coefficient (Wildman–Crippen LogP) is 3.09. The fourth-order valence-corrected chi connectivity index (χ4v) is 4.15. The molecule has 1 aliphatic rings. The first-order valence-corrected chi connectivity index (χ1v) is 8.61. The molecule has 1 aliphatic carbocycles. The topological polar surface area (TPSA) is 37.4 Å². The van der Waals surface area contributed by atoms with Crippen LogP contribution in [-0.4, -0.2) is 25.8 Å². The van der Waals surface area contributed by atoms with E-state index in [1.165, 1.54) is 6.42 Å². The van der Waals surface area contributed by atoms with Gasteiger partial charge in [-0.05, 0) is 25.3 Å². The van der Waals surface area contributed by atoms with Crippen LogP contribution in [0.3, 0.4) is 0 Å². The molecule has 19 heavy (non-hydrogen) atoms. The Morgan fingerprint density at radius 3 is 2.26 bits per heavy atom. The van der Waals surface area contributed by atoms with E-state index in [1.54, 1.807) is 11.4 Å². The summed E-state index contributed by atoms with van der Waals surface area (Å²) in [6, 6.07) is 7.93. The lowest BCUT2D eigenvalue weighted by Gasteiger charge is -2.30. The highest BCUT2D eigenvalue weighted by Gasteiger charge is 2.27. The van der Waals surface area contributed by atoms with Crippen LogP contribution in [0.5, 0.6) is 0 Å². The zero-order valence-electron chi connectivity index (χ0n) is 11.8. The lowest BCUT2D eigenvalue weighted by molar-refractivity contribution is 0.285. The summed E-state index contributed by atoms with van der Waals surface area (Å²) in [5.74, 6) is 0.111. The zero-order chi connectivity index (χ0) is 13.9. The van der Waals surface area contributed by atoms with Gasteiger partial charge in [-0.15, -0.1) is 0 Å². The number of benzene rings is 1. The molecule has 0 amide bonds. The fraction of sp³-hybridized carbons (Fsp3) is 0.600. The minimum atomic E-state index is -3.19. The quantitative estimate of drug-likeness (QED) is 0.850. The van der Waals surface area contributed by atoms with Crippen LogP contribution in [0, 0.1) is 6.92 Å². The normalized spacial score (nSPS) is 17.8. The average Bonchev–Trinajstić information content (AvgIpc) is 2.41. The first kappa shape index (κ1) is 14.5. The standard InChI is InChI=1S/C15H23NO2S/c1-13-8-10-14(11-9-13)12-19(17,18)16(2)15-6-4-3-5-7-15/h8-11,15H,3-7,12H2,1-2H3. The molecule has 0 bridgehead atoms. The van der Waals surface area contributed by atoms with Crippen molar-refractivity contribution in [1.82, 2.24) is 4.31 Å². The minimum absolute atomic E-state index is 0.111. The van der Waals surface area contributed by atoms with Gasteiger partial charge in [-0.1, -0.05) is 49.1 Å². The Morgan fingerprint density at radius 2 is 1.68 bits per heavy atom. The molecule has 0 unspecified atom stereocenters. The second-order valence-electron chi connectivity index (χ2n) is 5.55. The summed E-state index contributed by atoms with van der Waals surface area (Å²) in [5.41, 5.74) is 2.02. The summed E-state index contributed by atoms with van der Waals surface area (Å²) < 4.78 is 26.4. The first-order valence-electron chi connectivity index (χ1n) is 7.00. The maximum atomic E-state index is 12.4. The Hall–Kier alpha value is -0.870. The van der Waals surface area contributed by atoms with Crippen molar-refractivity contribution in [3.8, 4) is 0 Å². The Bertz CT molecular complexity index is 501. The largest absolute Gasteiger partial charge is 0.218 e. The van der Waals surface area contributed by atoms with Crippen molar-refractivity contribution in [3.63, 3.8) is 0 Å². The lowest BCUT2D eigenvalue weighted by Crippen LogP contribution is -2.38. The summed E-state index contributed by atoms with van der Waals surface area (Å²) in [4.78, 5) is 0. The highest BCUT2D eigenvalue weighted by molar-refractivity contribution is 7.88. The van der Waals surface area contributed by atoms with Gasteiger partial charge in [0.05, 0.1) is 5.75 Å². The van der Waals surface area contributed by atoms with Gasteiger partial charge >= 0.3 is 0 Å². The molecule has 4 heteroatoms. The van der Waals surface area contributed by atoms with Crippen molar-refractivity contribution in [2.45, 2.75) is 50.8 Å². The molecule has 0 N–H and O–H groups in total. The van der Waals surface area contributed by atoms with Crippen LogP contribution in [-0.2, 0) is 15.8 Å². The third-order valence-electron chi connectivity index (χ3n) is 4.00. The Kier molecular flexibility index (Phi) is 4.63. The molecule has 1 saturated carbocycles. The van der Waals surface area contributed by atoms with E-state index in [9.17, 15) is 8.42 Å². The van der Waals surface area contributed by atoms with Crippen molar-refractivity contribution in [2.75, 3.05) is 7.05 Å². The Balaban J connectivity index is 2.06. The molecule has 2 rings (SSSR count). The molecule has 106 valence electrons. The second-order valence-corrected chi connectivity index (χ2v) is 7.58. The molecular formula is C15H23NO2S. The van der Waals surface area contributed by atoms with Gasteiger partial charge < -0.3 is 0 Å². The molecule has 0 aromatic heterocycles. The average molecular weight is 281 g/mol. The van der Waals surface area contributed by atoms with Crippen molar-refractivity contribution < 1.29 is 8.42 Å². The van der Waals surface area contributed by atoms with Crippen LogP contribution in [0.2, 0.25) is 0 Å². The highest BCUT2D eigenvalue weighted by Crippen LogP contribution is 2.24. The summed E-state index contributed by atoms with van der Waals surface area (Å²) in [5, 5.41) is 0. The molecule has 0 aliphatic heterocycles. The van der Waals surface area contributed by atoms with Gasteiger partial charge in [0.2, 0.25) is 10.0 Å². The molecule has 0 spiro atoms. The van der Waals surface area contributed by atoms with E-state index >= 15 is 0 Å². The molecular weight excluding hydrogens is 258 g/mol. The second kappa shape index (κ2) is 6.06. The van der Waals surface area contributed by atoms with Crippen molar-refractivity contribution in [1.29, 1.82) is 0 Å². The van der Waals surface area contributed by atoms with E-state index in [4.69, 9.17) is 0 Å². The SMILES string of the molecule is Cc1ccc(CS(=O)(=O)N(C)C2CCCCC2)cc1. The number of sulfonamides is 1. The summed E-state index contributed by atoms with van der Waals surface area (Å²) in [6.45, 7) is 2.01. The van der Waals surface area contributed by atoms with E-state index in [2.05, 4.69) is 0 Å². The van der Waals surface area contributed by atoms with Crippen LogP contribution >= 0.6 is 0 Å².